The van der Waals surface area contributed by atoms with Gasteiger partial charge in [-0.2, -0.15) is 0 Å². The number of hydrogen-bond donors (Lipinski definition) is 2. The van der Waals surface area contributed by atoms with Crippen LogP contribution in [0.25, 0.3) is 0 Å². The molecule has 2 N–H and O–H groups in total. The summed E-state index contributed by atoms with van der Waals surface area (Å²) in [5.74, 6) is 0.270. The van der Waals surface area contributed by atoms with Gasteiger partial charge < -0.3 is 10.6 Å². The van der Waals surface area contributed by atoms with Crippen molar-refractivity contribution in [3.05, 3.63) is 83.7 Å². The van der Waals surface area contributed by atoms with E-state index in [1.807, 2.05) is 54.6 Å². The number of hydrogen-bond acceptors (Lipinski definition) is 4. The quantitative estimate of drug-likeness (QED) is 0.718. The minimum Gasteiger partial charge on any atom is -0.350 e. The van der Waals surface area contributed by atoms with E-state index in [4.69, 9.17) is 0 Å². The first-order chi connectivity index (χ1) is 12.2. The Kier molecular flexibility index (Phi) is 5.36. The minimum atomic E-state index is -0.223. The number of amides is 1. The van der Waals surface area contributed by atoms with E-state index in [9.17, 15) is 4.79 Å². The molecule has 1 aromatic heterocycles. The van der Waals surface area contributed by atoms with Crippen LogP contribution in [0.15, 0.2) is 67.0 Å². The molecule has 1 heterocycles. The van der Waals surface area contributed by atoms with Crippen molar-refractivity contribution in [2.24, 2.45) is 0 Å². The van der Waals surface area contributed by atoms with Crippen LogP contribution in [0.2, 0.25) is 0 Å². The van der Waals surface area contributed by atoms with Gasteiger partial charge in [0, 0.05) is 24.6 Å². The van der Waals surface area contributed by atoms with E-state index in [0.29, 0.717) is 18.1 Å². The number of rotatable bonds is 6. The number of carbonyl (C=O) groups excluding carboxylic acids is 1. The molecule has 2 aromatic carbocycles. The molecular formula is C20H20N4O. The lowest BCUT2D eigenvalue weighted by Gasteiger charge is -2.07. The van der Waals surface area contributed by atoms with Gasteiger partial charge in [-0.3, -0.25) is 4.79 Å². The number of aromatic nitrogens is 2. The summed E-state index contributed by atoms with van der Waals surface area (Å²) in [6.07, 6.45) is 4.02. The molecule has 5 heteroatoms. The third-order valence-corrected chi connectivity index (χ3v) is 3.83. The lowest BCUT2D eigenvalue weighted by Crippen LogP contribution is -2.13. The average molecular weight is 332 g/mol. The molecule has 0 saturated carbocycles. The Morgan fingerprint density at radius 2 is 1.60 bits per heavy atom. The molecule has 0 spiro atoms. The minimum absolute atomic E-state index is 0.223. The van der Waals surface area contributed by atoms with Gasteiger partial charge in [0.05, 0.1) is 5.56 Å². The Morgan fingerprint density at radius 3 is 2.24 bits per heavy atom. The molecule has 0 fully saturated rings. The highest BCUT2D eigenvalue weighted by molar-refractivity contribution is 6.03. The Morgan fingerprint density at radius 1 is 0.920 bits per heavy atom. The number of aryl methyl sites for hydroxylation is 1. The third kappa shape index (κ3) is 4.64. The van der Waals surface area contributed by atoms with Crippen molar-refractivity contribution in [3.8, 4) is 0 Å². The van der Waals surface area contributed by atoms with Crippen molar-refractivity contribution < 1.29 is 4.79 Å². The van der Waals surface area contributed by atoms with Gasteiger partial charge in [-0.1, -0.05) is 49.4 Å². The fraction of sp³-hybridized carbons (Fsp3) is 0.150. The number of benzene rings is 2. The molecule has 0 atom stereocenters. The molecule has 0 aliphatic carbocycles. The van der Waals surface area contributed by atoms with Crippen molar-refractivity contribution in [2.45, 2.75) is 19.9 Å². The van der Waals surface area contributed by atoms with Crippen molar-refractivity contribution in [1.29, 1.82) is 0 Å². The van der Waals surface area contributed by atoms with Crippen molar-refractivity contribution in [1.82, 2.24) is 9.97 Å². The molecule has 1 amide bonds. The van der Waals surface area contributed by atoms with Crippen LogP contribution in [0, 0.1) is 0 Å². The first-order valence-electron chi connectivity index (χ1n) is 8.24. The summed E-state index contributed by atoms with van der Waals surface area (Å²) < 4.78 is 0. The summed E-state index contributed by atoms with van der Waals surface area (Å²) in [5, 5.41) is 5.98. The Bertz CT molecular complexity index is 815. The zero-order valence-corrected chi connectivity index (χ0v) is 14.1. The van der Waals surface area contributed by atoms with Crippen molar-refractivity contribution in [2.75, 3.05) is 10.6 Å². The summed E-state index contributed by atoms with van der Waals surface area (Å²) in [5.41, 5.74) is 3.55. The maximum atomic E-state index is 12.2. The van der Waals surface area contributed by atoms with Gasteiger partial charge in [0.15, 0.2) is 0 Å². The molecule has 3 rings (SSSR count). The van der Waals surface area contributed by atoms with Gasteiger partial charge in [-0.15, -0.1) is 0 Å². The van der Waals surface area contributed by atoms with E-state index < -0.39 is 0 Å². The standard InChI is InChI=1S/C20H20N4O/c1-2-15-8-10-18(11-9-15)24-19(25)17-13-22-20(23-14-17)21-12-16-6-4-3-5-7-16/h3-11,13-14H,2,12H2,1H3,(H,24,25)(H,21,22,23). The highest BCUT2D eigenvalue weighted by Crippen LogP contribution is 2.12. The van der Waals surface area contributed by atoms with Gasteiger partial charge in [-0.25, -0.2) is 9.97 Å². The smallest absolute Gasteiger partial charge is 0.258 e. The predicted molar refractivity (Wildman–Crippen MR) is 99.6 cm³/mol. The molecule has 0 aliphatic heterocycles. The number of anilines is 2. The highest BCUT2D eigenvalue weighted by Gasteiger charge is 2.08. The lowest BCUT2D eigenvalue weighted by molar-refractivity contribution is 0.102. The summed E-state index contributed by atoms with van der Waals surface area (Å²) >= 11 is 0. The van der Waals surface area contributed by atoms with Crippen LogP contribution < -0.4 is 10.6 Å². The van der Waals surface area contributed by atoms with E-state index in [2.05, 4.69) is 27.5 Å². The zero-order valence-electron chi connectivity index (χ0n) is 14.1. The molecule has 0 unspecified atom stereocenters. The molecule has 0 radical (unpaired) electrons. The monoisotopic (exact) mass is 332 g/mol. The maximum Gasteiger partial charge on any atom is 0.258 e. The molecule has 0 bridgehead atoms. The molecule has 0 aliphatic rings. The van der Waals surface area contributed by atoms with Gasteiger partial charge in [-0.05, 0) is 29.7 Å². The van der Waals surface area contributed by atoms with Crippen LogP contribution in [0.3, 0.4) is 0 Å². The topological polar surface area (TPSA) is 66.9 Å². The van der Waals surface area contributed by atoms with Crippen molar-refractivity contribution in [3.63, 3.8) is 0 Å². The molecule has 3 aromatic rings. The van der Waals surface area contributed by atoms with Crippen LogP contribution in [0.5, 0.6) is 0 Å². The molecule has 126 valence electrons. The lowest BCUT2D eigenvalue weighted by atomic mass is 10.1. The van der Waals surface area contributed by atoms with Crippen LogP contribution in [-0.2, 0) is 13.0 Å². The fourth-order valence-corrected chi connectivity index (χ4v) is 2.34. The van der Waals surface area contributed by atoms with E-state index in [-0.39, 0.29) is 5.91 Å². The SMILES string of the molecule is CCc1ccc(NC(=O)c2cnc(NCc3ccccc3)nc2)cc1. The summed E-state index contributed by atoms with van der Waals surface area (Å²) in [6, 6.07) is 17.8. The number of nitrogens with zero attached hydrogens (tertiary/aromatic N) is 2. The average Bonchev–Trinajstić information content (AvgIpc) is 2.68. The van der Waals surface area contributed by atoms with Gasteiger partial charge in [0.1, 0.15) is 0 Å². The Labute approximate surface area is 147 Å². The molecule has 0 saturated heterocycles. The van der Waals surface area contributed by atoms with Gasteiger partial charge in [0.2, 0.25) is 5.95 Å². The fourth-order valence-electron chi connectivity index (χ4n) is 2.34. The first-order valence-corrected chi connectivity index (χ1v) is 8.24. The third-order valence-electron chi connectivity index (χ3n) is 3.83. The van der Waals surface area contributed by atoms with Gasteiger partial charge >= 0.3 is 0 Å². The highest BCUT2D eigenvalue weighted by atomic mass is 16.1. The predicted octanol–water partition coefficient (Wildman–Crippen LogP) is 3.90. The van der Waals surface area contributed by atoms with Crippen LogP contribution in [-0.4, -0.2) is 15.9 Å². The molecule has 25 heavy (non-hydrogen) atoms. The molecule has 5 nitrogen and oxygen atoms in total. The number of nitrogens with one attached hydrogen (secondary N) is 2. The van der Waals surface area contributed by atoms with E-state index >= 15 is 0 Å². The molecular weight excluding hydrogens is 312 g/mol. The van der Waals surface area contributed by atoms with E-state index in [1.165, 1.54) is 18.0 Å². The second-order valence-corrected chi connectivity index (χ2v) is 5.64. The van der Waals surface area contributed by atoms with Crippen LogP contribution >= 0.6 is 0 Å². The second-order valence-electron chi connectivity index (χ2n) is 5.64. The number of carbonyl (C=O) groups is 1. The Hall–Kier alpha value is -3.21. The first kappa shape index (κ1) is 16.6. The van der Waals surface area contributed by atoms with E-state index in [0.717, 1.165) is 17.7 Å². The summed E-state index contributed by atoms with van der Waals surface area (Å²) in [4.78, 5) is 20.6. The van der Waals surface area contributed by atoms with Crippen molar-refractivity contribution >= 4 is 17.5 Å². The normalized spacial score (nSPS) is 10.3. The van der Waals surface area contributed by atoms with E-state index in [1.54, 1.807) is 0 Å². The summed E-state index contributed by atoms with van der Waals surface area (Å²) in [6.45, 7) is 2.73. The van der Waals surface area contributed by atoms with Gasteiger partial charge in [0.25, 0.3) is 5.91 Å². The Balaban J connectivity index is 1.58. The largest absolute Gasteiger partial charge is 0.350 e. The summed E-state index contributed by atoms with van der Waals surface area (Å²) in [7, 11) is 0. The maximum absolute atomic E-state index is 12.2. The van der Waals surface area contributed by atoms with Crippen LogP contribution in [0.4, 0.5) is 11.6 Å². The van der Waals surface area contributed by atoms with Crippen LogP contribution in [0.1, 0.15) is 28.4 Å². The second kappa shape index (κ2) is 8.06. The zero-order chi connectivity index (χ0) is 17.5.